The lowest BCUT2D eigenvalue weighted by Gasteiger charge is -2.32. The van der Waals surface area contributed by atoms with Crippen molar-refractivity contribution in [3.63, 3.8) is 0 Å². The smallest absolute Gasteiger partial charge is 0.225 e. The molecule has 0 aliphatic carbocycles. The Kier molecular flexibility index (Phi) is 6.31. The van der Waals surface area contributed by atoms with E-state index in [0.29, 0.717) is 5.92 Å². The number of rotatable bonds is 6. The Morgan fingerprint density at radius 3 is 2.76 bits per heavy atom. The average molecular weight is 447 g/mol. The van der Waals surface area contributed by atoms with E-state index < -0.39 is 0 Å². The van der Waals surface area contributed by atoms with Gasteiger partial charge in [0.05, 0.1) is 18.5 Å². The largest absolute Gasteiger partial charge is 0.496 e. The van der Waals surface area contributed by atoms with Crippen molar-refractivity contribution >= 4 is 5.95 Å². The van der Waals surface area contributed by atoms with Crippen molar-refractivity contribution in [1.29, 1.82) is 0 Å². The standard InChI is InChI=1S/C26H34N6O/c1-19-8-9-20(24(15-19)33-3)16-31-12-6-7-21(17-31)25-22(18-30(2)29-25)23-10-11-27-26(28-23)32-13-4-5-14-32/h8-11,15,18,21H,4-7,12-14,16-17H2,1-3H3/t21-/m1/s1. The first-order valence-electron chi connectivity index (χ1n) is 12.1. The zero-order valence-corrected chi connectivity index (χ0v) is 20.0. The number of ether oxygens (including phenoxy) is 1. The van der Waals surface area contributed by atoms with E-state index >= 15 is 0 Å². The van der Waals surface area contributed by atoms with Gasteiger partial charge in [-0.05, 0) is 56.8 Å². The number of aromatic nitrogens is 4. The summed E-state index contributed by atoms with van der Waals surface area (Å²) in [5.41, 5.74) is 5.75. The Labute approximate surface area is 196 Å². The van der Waals surface area contributed by atoms with Gasteiger partial charge in [-0.3, -0.25) is 9.58 Å². The van der Waals surface area contributed by atoms with Crippen molar-refractivity contribution in [1.82, 2.24) is 24.6 Å². The summed E-state index contributed by atoms with van der Waals surface area (Å²) in [6, 6.07) is 8.52. The van der Waals surface area contributed by atoms with E-state index in [2.05, 4.69) is 46.1 Å². The van der Waals surface area contributed by atoms with E-state index in [4.69, 9.17) is 14.8 Å². The molecule has 0 amide bonds. The molecular weight excluding hydrogens is 412 g/mol. The van der Waals surface area contributed by atoms with Crippen LogP contribution in [0.5, 0.6) is 5.75 Å². The summed E-state index contributed by atoms with van der Waals surface area (Å²) >= 11 is 0. The van der Waals surface area contributed by atoms with Gasteiger partial charge in [0.2, 0.25) is 5.95 Å². The number of anilines is 1. The summed E-state index contributed by atoms with van der Waals surface area (Å²) in [7, 11) is 3.77. The molecule has 2 aromatic heterocycles. The fraction of sp³-hybridized carbons (Fsp3) is 0.500. The number of piperidine rings is 1. The van der Waals surface area contributed by atoms with Crippen molar-refractivity contribution in [2.75, 3.05) is 38.2 Å². The molecule has 5 rings (SSSR count). The van der Waals surface area contributed by atoms with Crippen LogP contribution in [0.15, 0.2) is 36.7 Å². The van der Waals surface area contributed by atoms with Crippen LogP contribution in [-0.2, 0) is 13.6 Å². The number of hydrogen-bond donors (Lipinski definition) is 0. The third kappa shape index (κ3) is 4.74. The van der Waals surface area contributed by atoms with Gasteiger partial charge < -0.3 is 9.64 Å². The third-order valence-electron chi connectivity index (χ3n) is 6.89. The monoisotopic (exact) mass is 446 g/mol. The Morgan fingerprint density at radius 2 is 1.94 bits per heavy atom. The highest BCUT2D eigenvalue weighted by Crippen LogP contribution is 2.34. The van der Waals surface area contributed by atoms with E-state index in [0.717, 1.165) is 74.2 Å². The number of methoxy groups -OCH3 is 1. The molecule has 2 saturated heterocycles. The second-order valence-corrected chi connectivity index (χ2v) is 9.43. The lowest BCUT2D eigenvalue weighted by molar-refractivity contribution is 0.196. The number of likely N-dealkylation sites (tertiary alicyclic amines) is 1. The Balaban J connectivity index is 1.38. The molecule has 7 heteroatoms. The highest BCUT2D eigenvalue weighted by Gasteiger charge is 2.27. The second-order valence-electron chi connectivity index (χ2n) is 9.43. The summed E-state index contributed by atoms with van der Waals surface area (Å²) in [4.78, 5) is 14.3. The van der Waals surface area contributed by atoms with Crippen molar-refractivity contribution in [3.8, 4) is 17.0 Å². The molecule has 7 nitrogen and oxygen atoms in total. The molecule has 0 unspecified atom stereocenters. The lowest BCUT2D eigenvalue weighted by atomic mass is 9.91. The molecule has 2 fully saturated rings. The van der Waals surface area contributed by atoms with Gasteiger partial charge in [-0.25, -0.2) is 9.97 Å². The lowest BCUT2D eigenvalue weighted by Crippen LogP contribution is -2.34. The van der Waals surface area contributed by atoms with Crippen LogP contribution in [0.25, 0.3) is 11.3 Å². The van der Waals surface area contributed by atoms with Crippen LogP contribution in [-0.4, -0.2) is 57.9 Å². The first-order chi connectivity index (χ1) is 16.1. The predicted molar refractivity (Wildman–Crippen MR) is 131 cm³/mol. The highest BCUT2D eigenvalue weighted by molar-refractivity contribution is 5.63. The van der Waals surface area contributed by atoms with E-state index in [-0.39, 0.29) is 0 Å². The average Bonchev–Trinajstić information content (AvgIpc) is 3.51. The fourth-order valence-electron chi connectivity index (χ4n) is 5.22. The van der Waals surface area contributed by atoms with E-state index in [1.807, 2.05) is 24.0 Å². The molecule has 1 aromatic carbocycles. The Morgan fingerprint density at radius 1 is 1.09 bits per heavy atom. The Bertz CT molecular complexity index is 1100. The van der Waals surface area contributed by atoms with Gasteiger partial charge in [0.25, 0.3) is 0 Å². The molecule has 2 aliphatic rings. The van der Waals surface area contributed by atoms with E-state index in [9.17, 15) is 0 Å². The summed E-state index contributed by atoms with van der Waals surface area (Å²) < 4.78 is 7.59. The van der Waals surface area contributed by atoms with Gasteiger partial charge in [0.15, 0.2) is 0 Å². The fourth-order valence-corrected chi connectivity index (χ4v) is 5.22. The predicted octanol–water partition coefficient (Wildman–Crippen LogP) is 4.17. The van der Waals surface area contributed by atoms with Crippen molar-refractivity contribution < 1.29 is 4.74 Å². The van der Waals surface area contributed by atoms with Crippen LogP contribution in [0, 0.1) is 6.92 Å². The van der Waals surface area contributed by atoms with Crippen LogP contribution in [0.4, 0.5) is 5.95 Å². The summed E-state index contributed by atoms with van der Waals surface area (Å²) in [6.45, 7) is 7.18. The summed E-state index contributed by atoms with van der Waals surface area (Å²) in [5, 5.41) is 4.92. The number of hydrogen-bond acceptors (Lipinski definition) is 6. The summed E-state index contributed by atoms with van der Waals surface area (Å²) in [6.07, 6.45) is 8.76. The molecular formula is C26H34N6O. The first-order valence-corrected chi connectivity index (χ1v) is 12.1. The minimum atomic E-state index is 0.386. The zero-order chi connectivity index (χ0) is 22.8. The van der Waals surface area contributed by atoms with Crippen LogP contribution in [0.1, 0.15) is 48.4 Å². The minimum absolute atomic E-state index is 0.386. The van der Waals surface area contributed by atoms with Crippen molar-refractivity contribution in [2.24, 2.45) is 7.05 Å². The number of benzene rings is 1. The highest BCUT2D eigenvalue weighted by atomic mass is 16.5. The number of nitrogens with zero attached hydrogens (tertiary/aromatic N) is 6. The van der Waals surface area contributed by atoms with Gasteiger partial charge in [-0.2, -0.15) is 5.10 Å². The maximum atomic E-state index is 5.65. The molecule has 0 spiro atoms. The maximum absolute atomic E-state index is 5.65. The molecule has 0 bridgehead atoms. The third-order valence-corrected chi connectivity index (χ3v) is 6.89. The van der Waals surface area contributed by atoms with Gasteiger partial charge in [0.1, 0.15) is 5.75 Å². The van der Waals surface area contributed by atoms with E-state index in [1.165, 1.54) is 24.0 Å². The van der Waals surface area contributed by atoms with E-state index in [1.54, 1.807) is 7.11 Å². The Hall–Kier alpha value is -2.93. The van der Waals surface area contributed by atoms with Gasteiger partial charge >= 0.3 is 0 Å². The van der Waals surface area contributed by atoms with Gasteiger partial charge in [-0.1, -0.05) is 12.1 Å². The summed E-state index contributed by atoms with van der Waals surface area (Å²) in [5.74, 6) is 2.21. The zero-order valence-electron chi connectivity index (χ0n) is 20.0. The van der Waals surface area contributed by atoms with Crippen molar-refractivity contribution in [3.05, 3.63) is 53.5 Å². The molecule has 2 aliphatic heterocycles. The quantitative estimate of drug-likeness (QED) is 0.566. The normalized spacial score (nSPS) is 19.2. The van der Waals surface area contributed by atoms with Crippen LogP contribution < -0.4 is 9.64 Å². The molecule has 1 atom stereocenters. The maximum Gasteiger partial charge on any atom is 0.225 e. The molecule has 33 heavy (non-hydrogen) atoms. The first kappa shape index (κ1) is 21.9. The second kappa shape index (κ2) is 9.51. The molecule has 0 radical (unpaired) electrons. The SMILES string of the molecule is COc1cc(C)ccc1CN1CCC[C@@H](c2nn(C)cc2-c2ccnc(N3CCCC3)n2)C1. The van der Waals surface area contributed by atoms with Crippen LogP contribution in [0.3, 0.4) is 0 Å². The van der Waals surface area contributed by atoms with Gasteiger partial charge in [0, 0.05) is 62.7 Å². The molecule has 3 aromatic rings. The molecule has 0 N–H and O–H groups in total. The van der Waals surface area contributed by atoms with Crippen LogP contribution in [0.2, 0.25) is 0 Å². The van der Waals surface area contributed by atoms with Gasteiger partial charge in [-0.15, -0.1) is 0 Å². The topological polar surface area (TPSA) is 59.3 Å². The number of aryl methyl sites for hydroxylation is 2. The van der Waals surface area contributed by atoms with Crippen molar-refractivity contribution in [2.45, 2.75) is 45.1 Å². The minimum Gasteiger partial charge on any atom is -0.496 e. The molecule has 4 heterocycles. The molecule has 0 saturated carbocycles. The molecule has 174 valence electrons. The van der Waals surface area contributed by atoms with Crippen LogP contribution >= 0.6 is 0 Å².